The summed E-state index contributed by atoms with van der Waals surface area (Å²) in [7, 11) is 0. The van der Waals surface area contributed by atoms with E-state index < -0.39 is 6.09 Å². The van der Waals surface area contributed by atoms with Gasteiger partial charge in [-0.05, 0) is 30.7 Å². The molecular formula is C15H15NO3. The molecule has 0 radical (unpaired) electrons. The van der Waals surface area contributed by atoms with Gasteiger partial charge >= 0.3 is 6.09 Å². The topological polar surface area (TPSA) is 58.6 Å². The van der Waals surface area contributed by atoms with Gasteiger partial charge in [-0.1, -0.05) is 30.3 Å². The zero-order valence-electron chi connectivity index (χ0n) is 10.6. The number of aromatic hydroxyl groups is 1. The van der Waals surface area contributed by atoms with Crippen molar-refractivity contribution in [3.63, 3.8) is 0 Å². The lowest BCUT2D eigenvalue weighted by Crippen LogP contribution is -2.13. The minimum absolute atomic E-state index is 0.208. The zero-order chi connectivity index (χ0) is 13.7. The van der Waals surface area contributed by atoms with Crippen LogP contribution in [0.15, 0.2) is 48.5 Å². The largest absolute Gasteiger partial charge is 0.508 e. The van der Waals surface area contributed by atoms with Crippen LogP contribution in [0.5, 0.6) is 5.75 Å². The van der Waals surface area contributed by atoms with Crippen LogP contribution in [-0.2, 0) is 4.74 Å². The van der Waals surface area contributed by atoms with Crippen LogP contribution in [0.2, 0.25) is 0 Å². The number of ether oxygens (including phenoxy) is 1. The van der Waals surface area contributed by atoms with E-state index >= 15 is 0 Å². The summed E-state index contributed by atoms with van der Waals surface area (Å²) in [4.78, 5) is 11.5. The first-order valence-electron chi connectivity index (χ1n) is 6.03. The Morgan fingerprint density at radius 1 is 1.16 bits per heavy atom. The number of amides is 1. The number of anilines is 1. The van der Waals surface area contributed by atoms with Crippen molar-refractivity contribution in [2.45, 2.75) is 6.92 Å². The molecule has 4 nitrogen and oxygen atoms in total. The highest BCUT2D eigenvalue weighted by molar-refractivity contribution is 5.91. The van der Waals surface area contributed by atoms with E-state index in [0.717, 1.165) is 11.1 Å². The third-order valence-corrected chi connectivity index (χ3v) is 2.62. The molecular weight excluding hydrogens is 242 g/mol. The summed E-state index contributed by atoms with van der Waals surface area (Å²) in [6.45, 7) is 2.08. The maximum atomic E-state index is 11.5. The first kappa shape index (κ1) is 13.0. The number of nitrogens with one attached hydrogen (secondary N) is 1. The third kappa shape index (κ3) is 3.25. The smallest absolute Gasteiger partial charge is 0.411 e. The van der Waals surface area contributed by atoms with Crippen molar-refractivity contribution in [2.24, 2.45) is 0 Å². The van der Waals surface area contributed by atoms with Crippen molar-refractivity contribution < 1.29 is 14.6 Å². The van der Waals surface area contributed by atoms with Crippen molar-refractivity contribution >= 4 is 11.8 Å². The predicted molar refractivity (Wildman–Crippen MR) is 74.2 cm³/mol. The van der Waals surface area contributed by atoms with Crippen molar-refractivity contribution in [3.05, 3.63) is 48.5 Å². The lowest BCUT2D eigenvalue weighted by Gasteiger charge is -2.11. The van der Waals surface area contributed by atoms with Gasteiger partial charge in [-0.15, -0.1) is 0 Å². The molecule has 0 fully saturated rings. The number of hydrogen-bond donors (Lipinski definition) is 2. The number of phenols is 1. The maximum absolute atomic E-state index is 11.5. The number of hydrogen-bond acceptors (Lipinski definition) is 3. The summed E-state index contributed by atoms with van der Waals surface area (Å²) in [5.74, 6) is 0.208. The molecule has 0 aromatic heterocycles. The molecule has 2 N–H and O–H groups in total. The van der Waals surface area contributed by atoms with E-state index in [4.69, 9.17) is 4.74 Å². The van der Waals surface area contributed by atoms with E-state index in [1.54, 1.807) is 37.3 Å². The third-order valence-electron chi connectivity index (χ3n) is 2.62. The number of rotatable bonds is 3. The Morgan fingerprint density at radius 2 is 1.84 bits per heavy atom. The van der Waals surface area contributed by atoms with Crippen LogP contribution < -0.4 is 5.32 Å². The maximum Gasteiger partial charge on any atom is 0.411 e. The fourth-order valence-corrected chi connectivity index (χ4v) is 1.76. The van der Waals surface area contributed by atoms with Crippen LogP contribution >= 0.6 is 0 Å². The number of carbonyl (C=O) groups is 1. The minimum Gasteiger partial charge on any atom is -0.508 e. The Hall–Kier alpha value is -2.49. The zero-order valence-corrected chi connectivity index (χ0v) is 10.6. The monoisotopic (exact) mass is 257 g/mol. The lowest BCUT2D eigenvalue weighted by molar-refractivity contribution is 0.168. The molecule has 1 amide bonds. The molecule has 0 heterocycles. The van der Waals surface area contributed by atoms with Crippen molar-refractivity contribution in [2.75, 3.05) is 11.9 Å². The average Bonchev–Trinajstić information content (AvgIpc) is 2.41. The van der Waals surface area contributed by atoms with Gasteiger partial charge < -0.3 is 9.84 Å². The second-order valence-corrected chi connectivity index (χ2v) is 3.94. The van der Waals surface area contributed by atoms with Crippen LogP contribution in [0.4, 0.5) is 10.5 Å². The number of phenolic OH excluding ortho intramolecular Hbond substituents is 1. The minimum atomic E-state index is -0.478. The Bertz CT molecular complexity index is 564. The highest BCUT2D eigenvalue weighted by Gasteiger charge is 2.08. The molecule has 2 rings (SSSR count). The van der Waals surface area contributed by atoms with Crippen LogP contribution in [0.1, 0.15) is 6.92 Å². The normalized spacial score (nSPS) is 9.95. The number of benzene rings is 2. The van der Waals surface area contributed by atoms with Crippen LogP contribution in [0.25, 0.3) is 11.1 Å². The van der Waals surface area contributed by atoms with E-state index in [0.29, 0.717) is 12.3 Å². The van der Waals surface area contributed by atoms with E-state index in [2.05, 4.69) is 5.32 Å². The van der Waals surface area contributed by atoms with Crippen LogP contribution in [-0.4, -0.2) is 17.8 Å². The van der Waals surface area contributed by atoms with Crippen LogP contribution in [0, 0.1) is 0 Å². The molecule has 19 heavy (non-hydrogen) atoms. The fourth-order valence-electron chi connectivity index (χ4n) is 1.76. The van der Waals surface area contributed by atoms with E-state index in [9.17, 15) is 9.90 Å². The molecule has 0 unspecified atom stereocenters. The average molecular weight is 257 g/mol. The highest BCUT2D eigenvalue weighted by atomic mass is 16.5. The van der Waals surface area contributed by atoms with Gasteiger partial charge in [-0.25, -0.2) is 4.79 Å². The molecule has 0 aliphatic rings. The first-order valence-corrected chi connectivity index (χ1v) is 6.03. The van der Waals surface area contributed by atoms with Gasteiger partial charge in [0.05, 0.1) is 12.3 Å². The fraction of sp³-hybridized carbons (Fsp3) is 0.133. The molecule has 98 valence electrons. The molecule has 0 saturated heterocycles. The molecule has 2 aromatic carbocycles. The van der Waals surface area contributed by atoms with Gasteiger partial charge in [0.2, 0.25) is 0 Å². The molecule has 0 atom stereocenters. The Morgan fingerprint density at radius 3 is 2.53 bits per heavy atom. The summed E-state index contributed by atoms with van der Waals surface area (Å²) in [5, 5.41) is 12.0. The molecule has 2 aromatic rings. The SMILES string of the molecule is CCOC(=O)Nc1ccccc1-c1ccc(O)cc1. The Labute approximate surface area is 111 Å². The summed E-state index contributed by atoms with van der Waals surface area (Å²) in [6, 6.07) is 14.2. The van der Waals surface area contributed by atoms with Gasteiger partial charge in [0.1, 0.15) is 5.75 Å². The molecule has 4 heteroatoms. The Kier molecular flexibility index (Phi) is 4.03. The van der Waals surface area contributed by atoms with Gasteiger partial charge in [-0.3, -0.25) is 5.32 Å². The second-order valence-electron chi connectivity index (χ2n) is 3.94. The van der Waals surface area contributed by atoms with Gasteiger partial charge in [-0.2, -0.15) is 0 Å². The predicted octanol–water partition coefficient (Wildman–Crippen LogP) is 3.63. The molecule has 0 aliphatic heterocycles. The molecule has 0 spiro atoms. The van der Waals surface area contributed by atoms with Crippen LogP contribution in [0.3, 0.4) is 0 Å². The van der Waals surface area contributed by atoms with Gasteiger partial charge in [0.25, 0.3) is 0 Å². The quantitative estimate of drug-likeness (QED) is 0.882. The highest BCUT2D eigenvalue weighted by Crippen LogP contribution is 2.29. The summed E-state index contributed by atoms with van der Waals surface area (Å²) < 4.78 is 4.87. The molecule has 0 saturated carbocycles. The van der Waals surface area contributed by atoms with E-state index in [-0.39, 0.29) is 5.75 Å². The summed E-state index contributed by atoms with van der Waals surface area (Å²) >= 11 is 0. The summed E-state index contributed by atoms with van der Waals surface area (Å²) in [5.41, 5.74) is 2.45. The van der Waals surface area contributed by atoms with Crippen molar-refractivity contribution in [1.82, 2.24) is 0 Å². The number of carbonyl (C=O) groups excluding carboxylic acids is 1. The van der Waals surface area contributed by atoms with E-state index in [1.807, 2.05) is 18.2 Å². The van der Waals surface area contributed by atoms with Gasteiger partial charge in [0, 0.05) is 5.56 Å². The van der Waals surface area contributed by atoms with E-state index in [1.165, 1.54) is 0 Å². The summed E-state index contributed by atoms with van der Waals surface area (Å²) in [6.07, 6.45) is -0.478. The Balaban J connectivity index is 2.30. The first-order chi connectivity index (χ1) is 9.20. The second kappa shape index (κ2) is 5.91. The van der Waals surface area contributed by atoms with Crippen molar-refractivity contribution in [1.29, 1.82) is 0 Å². The van der Waals surface area contributed by atoms with Crippen molar-refractivity contribution in [3.8, 4) is 16.9 Å². The number of para-hydroxylation sites is 1. The van der Waals surface area contributed by atoms with Gasteiger partial charge in [0.15, 0.2) is 0 Å². The standard InChI is InChI=1S/C15H15NO3/c1-2-19-15(18)16-14-6-4-3-5-13(14)11-7-9-12(17)10-8-11/h3-10,17H,2H2,1H3,(H,16,18). The molecule has 0 bridgehead atoms. The lowest BCUT2D eigenvalue weighted by atomic mass is 10.0. The molecule has 0 aliphatic carbocycles.